The molecule has 2 aliphatic rings. The van der Waals surface area contributed by atoms with Crippen molar-refractivity contribution in [2.24, 2.45) is 5.92 Å². The molecule has 1 saturated heterocycles. The quantitative estimate of drug-likeness (QED) is 0.347. The monoisotopic (exact) mass is 500 g/mol. The van der Waals surface area contributed by atoms with E-state index in [1.165, 1.54) is 28.3 Å². The zero-order chi connectivity index (χ0) is 25.1. The number of nitrogens with one attached hydrogen (secondary N) is 1. The van der Waals surface area contributed by atoms with E-state index in [1.54, 1.807) is 12.1 Å². The van der Waals surface area contributed by atoms with Crippen molar-refractivity contribution in [1.82, 2.24) is 4.90 Å². The van der Waals surface area contributed by atoms with Crippen molar-refractivity contribution in [2.45, 2.75) is 46.1 Å². The molecule has 0 spiro atoms. The van der Waals surface area contributed by atoms with Gasteiger partial charge in [0, 0.05) is 48.9 Å². The van der Waals surface area contributed by atoms with Gasteiger partial charge in [0.15, 0.2) is 0 Å². The summed E-state index contributed by atoms with van der Waals surface area (Å²) in [7, 11) is 0. The van der Waals surface area contributed by atoms with Gasteiger partial charge in [0.2, 0.25) is 5.91 Å². The number of anilines is 2. The van der Waals surface area contributed by atoms with Crippen molar-refractivity contribution in [3.63, 3.8) is 0 Å². The Morgan fingerprint density at radius 2 is 1.89 bits per heavy atom. The molecule has 1 N–H and O–H groups in total. The largest absolute Gasteiger partial charge is 0.459 e. The Kier molecular flexibility index (Phi) is 7.71. The molecule has 1 amide bonds. The predicted octanol–water partition coefficient (Wildman–Crippen LogP) is 4.11. The summed E-state index contributed by atoms with van der Waals surface area (Å²) in [6.45, 7) is 8.95. The van der Waals surface area contributed by atoms with E-state index >= 15 is 0 Å². The minimum atomic E-state index is -0.404. The lowest BCUT2D eigenvalue weighted by molar-refractivity contribution is -0.384. The summed E-state index contributed by atoms with van der Waals surface area (Å²) in [6.07, 6.45) is 2.55. The van der Waals surface area contributed by atoms with E-state index in [-0.39, 0.29) is 30.2 Å². The van der Waals surface area contributed by atoms with Gasteiger partial charge in [-0.3, -0.25) is 19.8 Å². The standard InChI is InChI=1S/C25H32N4O5S/c1-16(2)34-25(31)23-20-9-4-17(3)14-21(20)35-24(23)26-22(30)15-27-10-12-28(13-11-27)18-5-7-19(8-6-18)29(32)33/h5-8,16-17H,4,9-15H2,1-3H3,(H,26,30). The lowest BCUT2D eigenvalue weighted by Crippen LogP contribution is -2.48. The van der Waals surface area contributed by atoms with Crippen LogP contribution in [0, 0.1) is 16.0 Å². The topological polar surface area (TPSA) is 105 Å². The first-order valence-corrected chi connectivity index (χ1v) is 12.9. The van der Waals surface area contributed by atoms with Crippen LogP contribution in [0.2, 0.25) is 0 Å². The molecule has 2 heterocycles. The van der Waals surface area contributed by atoms with Crippen LogP contribution in [0.15, 0.2) is 24.3 Å². The average Bonchev–Trinajstić information content (AvgIpc) is 3.15. The van der Waals surface area contributed by atoms with E-state index in [2.05, 4.69) is 22.0 Å². The number of amides is 1. The van der Waals surface area contributed by atoms with Gasteiger partial charge in [0.25, 0.3) is 5.69 Å². The van der Waals surface area contributed by atoms with E-state index in [0.717, 1.165) is 43.6 Å². The van der Waals surface area contributed by atoms with Crippen molar-refractivity contribution in [2.75, 3.05) is 42.9 Å². The number of carbonyl (C=O) groups is 2. The van der Waals surface area contributed by atoms with Crippen LogP contribution in [0.3, 0.4) is 0 Å². The van der Waals surface area contributed by atoms with Crippen LogP contribution < -0.4 is 10.2 Å². The molecule has 2 aromatic rings. The molecule has 10 heteroatoms. The summed E-state index contributed by atoms with van der Waals surface area (Å²) >= 11 is 1.50. The number of fused-ring (bicyclic) bond motifs is 1. The normalized spacial score (nSPS) is 18.3. The smallest absolute Gasteiger partial charge is 0.341 e. The maximum absolute atomic E-state index is 12.9. The summed E-state index contributed by atoms with van der Waals surface area (Å²) in [5.41, 5.74) is 2.57. The number of nitrogens with zero attached hydrogens (tertiary/aromatic N) is 3. The molecule has 1 aromatic heterocycles. The third kappa shape index (κ3) is 5.99. The van der Waals surface area contributed by atoms with E-state index in [1.807, 2.05) is 13.8 Å². The number of ether oxygens (including phenoxy) is 1. The van der Waals surface area contributed by atoms with Crippen molar-refractivity contribution in [3.05, 3.63) is 50.4 Å². The maximum Gasteiger partial charge on any atom is 0.341 e. The molecular formula is C25H32N4O5S. The second-order valence-corrected chi connectivity index (χ2v) is 10.7. The number of carbonyl (C=O) groups excluding carboxylic acids is 2. The summed E-state index contributed by atoms with van der Waals surface area (Å²) < 4.78 is 5.50. The van der Waals surface area contributed by atoms with Gasteiger partial charge < -0.3 is 15.0 Å². The predicted molar refractivity (Wildman–Crippen MR) is 136 cm³/mol. The van der Waals surface area contributed by atoms with E-state index < -0.39 is 4.92 Å². The highest BCUT2D eigenvalue weighted by Crippen LogP contribution is 2.40. The molecule has 0 saturated carbocycles. The molecule has 1 aliphatic carbocycles. The highest BCUT2D eigenvalue weighted by atomic mass is 32.1. The van der Waals surface area contributed by atoms with Crippen LogP contribution in [0.5, 0.6) is 0 Å². The van der Waals surface area contributed by atoms with Crippen LogP contribution in [0.4, 0.5) is 16.4 Å². The van der Waals surface area contributed by atoms with E-state index in [9.17, 15) is 19.7 Å². The second kappa shape index (κ2) is 10.7. The van der Waals surface area contributed by atoms with Crippen LogP contribution in [-0.2, 0) is 22.4 Å². The summed E-state index contributed by atoms with van der Waals surface area (Å²) in [5, 5.41) is 14.5. The van der Waals surface area contributed by atoms with Crippen LogP contribution in [-0.4, -0.2) is 60.5 Å². The van der Waals surface area contributed by atoms with Crippen LogP contribution >= 0.6 is 11.3 Å². The van der Waals surface area contributed by atoms with Gasteiger partial charge in [0.1, 0.15) is 5.00 Å². The average molecular weight is 501 g/mol. The van der Waals surface area contributed by atoms with Crippen molar-refractivity contribution in [3.8, 4) is 0 Å². The minimum Gasteiger partial charge on any atom is -0.459 e. The lowest BCUT2D eigenvalue weighted by atomic mass is 9.88. The van der Waals surface area contributed by atoms with Crippen LogP contribution in [0.25, 0.3) is 0 Å². The van der Waals surface area contributed by atoms with Crippen molar-refractivity contribution >= 4 is 39.6 Å². The van der Waals surface area contributed by atoms with Gasteiger partial charge in [0.05, 0.1) is 23.1 Å². The fraction of sp³-hybridized carbons (Fsp3) is 0.520. The van der Waals surface area contributed by atoms with Crippen molar-refractivity contribution < 1.29 is 19.2 Å². The molecule has 0 radical (unpaired) electrons. The van der Waals surface area contributed by atoms with Gasteiger partial charge in [-0.25, -0.2) is 4.79 Å². The van der Waals surface area contributed by atoms with Crippen molar-refractivity contribution in [1.29, 1.82) is 0 Å². The minimum absolute atomic E-state index is 0.0745. The summed E-state index contributed by atoms with van der Waals surface area (Å²) in [4.78, 5) is 41.7. The number of benzene rings is 1. The zero-order valence-electron chi connectivity index (χ0n) is 20.4. The van der Waals surface area contributed by atoms with Gasteiger partial charge in [-0.05, 0) is 56.7 Å². The second-order valence-electron chi connectivity index (χ2n) is 9.59. The molecule has 35 heavy (non-hydrogen) atoms. The van der Waals surface area contributed by atoms with E-state index in [0.29, 0.717) is 29.6 Å². The Morgan fingerprint density at radius 3 is 2.51 bits per heavy atom. The fourth-order valence-electron chi connectivity index (χ4n) is 4.65. The third-order valence-corrected chi connectivity index (χ3v) is 7.65. The van der Waals surface area contributed by atoms with Gasteiger partial charge in [-0.15, -0.1) is 11.3 Å². The maximum atomic E-state index is 12.9. The number of thiophene rings is 1. The number of non-ortho nitro benzene ring substituents is 1. The third-order valence-electron chi connectivity index (χ3n) is 6.48. The molecule has 0 bridgehead atoms. The fourth-order valence-corrected chi connectivity index (χ4v) is 6.06. The SMILES string of the molecule is CC1CCc2c(sc(NC(=O)CN3CCN(c4ccc([N+](=O)[O-])cc4)CC3)c2C(=O)OC(C)C)C1. The Hall–Kier alpha value is -2.98. The molecule has 188 valence electrons. The number of rotatable bonds is 7. The highest BCUT2D eigenvalue weighted by molar-refractivity contribution is 7.17. The summed E-state index contributed by atoms with van der Waals surface area (Å²) in [5.74, 6) is 0.0591. The number of piperazine rings is 1. The first-order chi connectivity index (χ1) is 16.7. The number of hydrogen-bond acceptors (Lipinski definition) is 8. The molecule has 1 aromatic carbocycles. The van der Waals surface area contributed by atoms with E-state index in [4.69, 9.17) is 4.74 Å². The Morgan fingerprint density at radius 1 is 1.20 bits per heavy atom. The number of hydrogen-bond donors (Lipinski definition) is 1. The lowest BCUT2D eigenvalue weighted by Gasteiger charge is -2.35. The van der Waals surface area contributed by atoms with Gasteiger partial charge in [-0.2, -0.15) is 0 Å². The first kappa shape index (κ1) is 25.1. The Balaban J connectivity index is 1.37. The number of nitro benzene ring substituents is 1. The van der Waals surface area contributed by atoms with Crippen LogP contribution in [0.1, 0.15) is 48.0 Å². The summed E-state index contributed by atoms with van der Waals surface area (Å²) in [6, 6.07) is 6.55. The van der Waals surface area contributed by atoms with Gasteiger partial charge >= 0.3 is 5.97 Å². The number of esters is 1. The molecule has 9 nitrogen and oxygen atoms in total. The molecule has 1 atom stereocenters. The molecular weight excluding hydrogens is 468 g/mol. The van der Waals surface area contributed by atoms with Gasteiger partial charge in [-0.1, -0.05) is 6.92 Å². The first-order valence-electron chi connectivity index (χ1n) is 12.1. The molecule has 1 unspecified atom stereocenters. The molecule has 1 fully saturated rings. The zero-order valence-corrected chi connectivity index (χ0v) is 21.2. The molecule has 4 rings (SSSR count). The highest BCUT2D eigenvalue weighted by Gasteiger charge is 2.30. The number of nitro groups is 1. The molecule has 1 aliphatic heterocycles. The Labute approximate surface area is 209 Å². The Bertz CT molecular complexity index is 1090.